The molecule has 0 aliphatic carbocycles. The molecule has 0 saturated heterocycles. The SMILES string of the molecule is C.C.CCCCCC/C=C/CCCCCCCCCCCC(=O)OCC[S-].CCCCCC/C=C/CCCCCCCCCCCC(=O)OCC[S-].CCCCCC/C=C/CCCCCCCCCCCC(=O)OCC[S-].CCCCCC/C=C/CCCCCCCCCCCC(=O)OCC[S-].S.[Sn+2].[Sn+2]. The number of carbonyl (C=O) groups is 4. The van der Waals surface area contributed by atoms with Gasteiger partial charge in [0.05, 0.1) is 26.4 Å². The molecule has 105 heavy (non-hydrogen) atoms. The van der Waals surface area contributed by atoms with E-state index < -0.39 is 0 Å². The second-order valence-electron chi connectivity index (χ2n) is 27.9. The Morgan fingerprint density at radius 1 is 0.210 bits per heavy atom. The molecule has 4 radical (unpaired) electrons. The van der Waals surface area contributed by atoms with Crippen LogP contribution in [0.25, 0.3) is 0 Å². The first-order chi connectivity index (χ1) is 49.2. The van der Waals surface area contributed by atoms with Gasteiger partial charge in [-0.2, -0.15) is 13.5 Å². The molecule has 0 N–H and O–H groups in total. The summed E-state index contributed by atoms with van der Waals surface area (Å²) in [6.07, 6.45) is 99.0. The van der Waals surface area contributed by atoms with Crippen molar-refractivity contribution in [3.05, 3.63) is 48.6 Å². The summed E-state index contributed by atoms with van der Waals surface area (Å²) in [6, 6.07) is 0. The molecular formula is C90H174O8S5Sn2. The average molecular weight is 1780 g/mol. The fraction of sp³-hybridized carbons (Fsp3) is 0.867. The molecule has 0 heterocycles. The number of esters is 4. The van der Waals surface area contributed by atoms with Gasteiger partial charge in [-0.05, 0) is 128 Å². The molecule has 0 aromatic carbocycles. The van der Waals surface area contributed by atoms with Crippen LogP contribution >= 0.6 is 13.5 Å². The van der Waals surface area contributed by atoms with Crippen molar-refractivity contribution in [3.8, 4) is 0 Å². The largest absolute Gasteiger partial charge is 2.00 e. The van der Waals surface area contributed by atoms with Crippen LogP contribution in [0, 0.1) is 0 Å². The smallest absolute Gasteiger partial charge is 0.789 e. The summed E-state index contributed by atoms with van der Waals surface area (Å²) in [4.78, 5) is 45.2. The molecule has 8 nitrogen and oxygen atoms in total. The molecule has 0 aliphatic heterocycles. The van der Waals surface area contributed by atoms with Gasteiger partial charge in [-0.25, -0.2) is 0 Å². The van der Waals surface area contributed by atoms with Crippen molar-refractivity contribution >= 4 is 136 Å². The van der Waals surface area contributed by atoms with Gasteiger partial charge in [0.1, 0.15) is 0 Å². The molecule has 0 unspecified atom stereocenters. The van der Waals surface area contributed by atoms with Gasteiger partial charge in [-0.3, -0.25) is 19.2 Å². The zero-order valence-electron chi connectivity index (χ0n) is 67.9. The fourth-order valence-electron chi connectivity index (χ4n) is 11.7. The third kappa shape index (κ3) is 128. The van der Waals surface area contributed by atoms with E-state index in [1.807, 2.05) is 0 Å². The maximum absolute atomic E-state index is 11.3. The Balaban J connectivity index is -0.000000165. The first-order valence-electron chi connectivity index (χ1n) is 42.8. The fourth-order valence-corrected chi connectivity index (χ4v) is 12.0. The van der Waals surface area contributed by atoms with Crippen LogP contribution in [0.1, 0.15) is 453 Å². The quantitative estimate of drug-likeness (QED) is 0.0145. The Morgan fingerprint density at radius 2 is 0.324 bits per heavy atom. The average Bonchev–Trinajstić information content (AvgIpc) is 3.63. The molecule has 0 aromatic heterocycles. The van der Waals surface area contributed by atoms with Crippen molar-refractivity contribution in [2.45, 2.75) is 453 Å². The van der Waals surface area contributed by atoms with E-state index in [0.717, 1.165) is 51.4 Å². The molecule has 0 aromatic rings. The summed E-state index contributed by atoms with van der Waals surface area (Å²) >= 11 is 19.0. The van der Waals surface area contributed by atoms with Crippen LogP contribution in [0.3, 0.4) is 0 Å². The van der Waals surface area contributed by atoms with E-state index >= 15 is 0 Å². The van der Waals surface area contributed by atoms with Crippen molar-refractivity contribution in [1.29, 1.82) is 0 Å². The molecule has 15 heteroatoms. The molecular weight excluding hydrogens is 1610 g/mol. The summed E-state index contributed by atoms with van der Waals surface area (Å²) < 4.78 is 19.9. The van der Waals surface area contributed by atoms with E-state index in [2.05, 4.69) is 76.3 Å². The normalized spacial score (nSPS) is 10.7. The number of unbranched alkanes of at least 4 members (excludes halogenated alkanes) is 52. The number of carbonyl (C=O) groups excluding carboxylic acids is 4. The van der Waals surface area contributed by atoms with Gasteiger partial charge in [0, 0.05) is 25.7 Å². The Morgan fingerprint density at radius 3 is 0.448 bits per heavy atom. The summed E-state index contributed by atoms with van der Waals surface area (Å²) in [5.74, 6) is 1.67. The minimum atomic E-state index is -0.0835. The van der Waals surface area contributed by atoms with Crippen molar-refractivity contribution in [1.82, 2.24) is 0 Å². The van der Waals surface area contributed by atoms with Crippen molar-refractivity contribution in [2.75, 3.05) is 49.4 Å². The standard InChI is InChI=1S/4C22H42O2S.2CH4.H2S.2Sn/c4*1-2-3-4-5-6-7-8-9-10-11-12-13-14-15-16-17-18-19-22(23)24-20-21-25;;;;;/h4*7-8,25H,2-6,9-21H2,1H3;2*1H4;1H2;;/q;;;;;;;2*+2/p-4/b4*8-7+;;;;;. The van der Waals surface area contributed by atoms with Gasteiger partial charge in [0.2, 0.25) is 0 Å². The number of allylic oxidation sites excluding steroid dienone is 8. The zero-order valence-corrected chi connectivity index (χ0v) is 77.9. The maximum atomic E-state index is 11.3. The summed E-state index contributed by atoms with van der Waals surface area (Å²) in [5, 5.41) is 0. The molecule has 0 saturated carbocycles. The van der Waals surface area contributed by atoms with Crippen LogP contribution in [0.4, 0.5) is 0 Å². The molecule has 0 fully saturated rings. The van der Waals surface area contributed by atoms with Crippen LogP contribution in [0.2, 0.25) is 0 Å². The van der Waals surface area contributed by atoms with E-state index in [4.69, 9.17) is 69.5 Å². The monoisotopic (exact) mass is 1780 g/mol. The van der Waals surface area contributed by atoms with E-state index in [1.165, 1.54) is 334 Å². The van der Waals surface area contributed by atoms with Crippen molar-refractivity contribution < 1.29 is 38.1 Å². The predicted molar refractivity (Wildman–Crippen MR) is 483 cm³/mol. The summed E-state index contributed by atoms with van der Waals surface area (Å²) in [6.45, 7) is 10.6. The van der Waals surface area contributed by atoms with E-state index in [1.54, 1.807) is 0 Å². The third-order valence-corrected chi connectivity index (χ3v) is 18.6. The van der Waals surface area contributed by atoms with Crippen LogP contribution in [0.15, 0.2) is 48.6 Å². The van der Waals surface area contributed by atoms with E-state index in [9.17, 15) is 19.2 Å². The van der Waals surface area contributed by atoms with Crippen molar-refractivity contribution in [2.24, 2.45) is 0 Å². The minimum Gasteiger partial charge on any atom is -0.789 e. The maximum Gasteiger partial charge on any atom is 2.00 e. The first kappa shape index (κ1) is 123. The zero-order chi connectivity index (χ0) is 73.7. The van der Waals surface area contributed by atoms with Gasteiger partial charge in [0.25, 0.3) is 0 Å². The molecule has 620 valence electrons. The summed E-state index contributed by atoms with van der Waals surface area (Å²) in [7, 11) is 0. The first-order valence-corrected chi connectivity index (χ1v) is 45.1. The molecule has 0 spiro atoms. The van der Waals surface area contributed by atoms with Gasteiger partial charge < -0.3 is 69.5 Å². The van der Waals surface area contributed by atoms with Crippen LogP contribution in [0.5, 0.6) is 0 Å². The Kier molecular flexibility index (Phi) is 141. The topological polar surface area (TPSA) is 105 Å². The molecule has 0 aliphatic rings. The van der Waals surface area contributed by atoms with Crippen LogP contribution in [-0.4, -0.2) is 121 Å². The second kappa shape index (κ2) is 120. The van der Waals surface area contributed by atoms with E-state index in [-0.39, 0.29) is 100 Å². The van der Waals surface area contributed by atoms with Gasteiger partial charge in [-0.1, -0.05) is 348 Å². The summed E-state index contributed by atoms with van der Waals surface area (Å²) in [5.41, 5.74) is 0. The van der Waals surface area contributed by atoms with Crippen LogP contribution < -0.4 is 0 Å². The number of hydrogen-bond acceptors (Lipinski definition) is 12. The molecule has 0 amide bonds. The van der Waals surface area contributed by atoms with Crippen molar-refractivity contribution in [3.63, 3.8) is 0 Å². The Labute approximate surface area is 719 Å². The third-order valence-electron chi connectivity index (χ3n) is 18.0. The van der Waals surface area contributed by atoms with Crippen LogP contribution in [-0.2, 0) is 88.6 Å². The molecule has 0 atom stereocenters. The molecule has 0 bridgehead atoms. The number of rotatable bonds is 76. The Bertz CT molecular complexity index is 1470. The Hall–Kier alpha value is 0.187. The van der Waals surface area contributed by atoms with Gasteiger partial charge in [0.15, 0.2) is 0 Å². The number of hydrogen-bond donors (Lipinski definition) is 0. The predicted octanol–water partition coefficient (Wildman–Crippen LogP) is 28.2. The molecule has 0 rings (SSSR count). The van der Waals surface area contributed by atoms with E-state index in [0.29, 0.717) is 75.1 Å². The van der Waals surface area contributed by atoms with Gasteiger partial charge in [-0.15, -0.1) is 23.0 Å². The number of ether oxygens (including phenoxy) is 4. The van der Waals surface area contributed by atoms with Gasteiger partial charge >= 0.3 is 71.7 Å². The second-order valence-corrected chi connectivity index (χ2v) is 29.5. The minimum absolute atomic E-state index is 0.